The third-order valence-corrected chi connectivity index (χ3v) is 2.01. The molecule has 2 N–H and O–H groups in total. The second kappa shape index (κ2) is 11.7. The van der Waals surface area contributed by atoms with Gasteiger partial charge in [-0.1, -0.05) is 32.3 Å². The number of rotatable bonds is 6. The predicted molar refractivity (Wildman–Crippen MR) is 66.1 cm³/mol. The van der Waals surface area contributed by atoms with Crippen molar-refractivity contribution in [2.24, 2.45) is 0 Å². The molecule has 0 fully saturated rings. The fourth-order valence-corrected chi connectivity index (χ4v) is 1.15. The molecule has 0 aromatic carbocycles. The third-order valence-electron chi connectivity index (χ3n) is 2.01. The summed E-state index contributed by atoms with van der Waals surface area (Å²) in [6.07, 6.45) is 11.0. The number of aldehydes is 1. The van der Waals surface area contributed by atoms with Crippen LogP contribution in [-0.4, -0.2) is 22.5 Å². The zero-order valence-corrected chi connectivity index (χ0v) is 9.80. The van der Waals surface area contributed by atoms with Crippen LogP contribution in [0.25, 0.3) is 0 Å². The molecule has 0 radical (unpaired) electrons. The minimum atomic E-state index is -0.438. The van der Waals surface area contributed by atoms with Crippen molar-refractivity contribution in [3.05, 3.63) is 36.7 Å². The molecular formula is C13H21NO2. The number of H-pyrrole nitrogens is 1. The lowest BCUT2D eigenvalue weighted by atomic mass is 10.1. The molecule has 3 nitrogen and oxygen atoms in total. The number of aliphatic hydroxyl groups excluding tert-OH is 1. The van der Waals surface area contributed by atoms with Crippen molar-refractivity contribution in [2.45, 2.75) is 38.7 Å². The average molecular weight is 223 g/mol. The zero-order valence-electron chi connectivity index (χ0n) is 9.80. The van der Waals surface area contributed by atoms with E-state index in [4.69, 9.17) is 5.11 Å². The Kier molecular flexibility index (Phi) is 10.7. The zero-order chi connectivity index (χ0) is 12.1. The fraction of sp³-hybridized carbons (Fsp3) is 0.462. The van der Waals surface area contributed by atoms with Gasteiger partial charge in [-0.2, -0.15) is 0 Å². The molecule has 0 bridgehead atoms. The monoisotopic (exact) mass is 223 g/mol. The summed E-state index contributed by atoms with van der Waals surface area (Å²) >= 11 is 0. The van der Waals surface area contributed by atoms with E-state index in [1.807, 2.05) is 24.5 Å². The molecule has 0 amide bonds. The first-order valence-corrected chi connectivity index (χ1v) is 5.69. The first-order chi connectivity index (χ1) is 7.81. The largest absolute Gasteiger partial charge is 0.389 e. The summed E-state index contributed by atoms with van der Waals surface area (Å²) in [6.45, 7) is 2.12. The molecule has 0 aliphatic carbocycles. The van der Waals surface area contributed by atoms with E-state index in [0.29, 0.717) is 6.29 Å². The van der Waals surface area contributed by atoms with Crippen LogP contribution in [0.1, 0.15) is 32.6 Å². The van der Waals surface area contributed by atoms with E-state index in [1.165, 1.54) is 12.2 Å². The molecule has 1 rings (SSSR count). The van der Waals surface area contributed by atoms with Crippen molar-refractivity contribution in [3.63, 3.8) is 0 Å². The van der Waals surface area contributed by atoms with Crippen LogP contribution in [0.4, 0.5) is 0 Å². The van der Waals surface area contributed by atoms with Crippen molar-refractivity contribution < 1.29 is 9.90 Å². The van der Waals surface area contributed by atoms with E-state index >= 15 is 0 Å². The van der Waals surface area contributed by atoms with Crippen molar-refractivity contribution in [2.75, 3.05) is 0 Å². The van der Waals surface area contributed by atoms with Gasteiger partial charge >= 0.3 is 0 Å². The second-order valence-electron chi connectivity index (χ2n) is 3.47. The van der Waals surface area contributed by atoms with Crippen LogP contribution in [-0.2, 0) is 4.79 Å². The van der Waals surface area contributed by atoms with Gasteiger partial charge in [-0.3, -0.25) is 4.79 Å². The molecule has 1 unspecified atom stereocenters. The highest BCUT2D eigenvalue weighted by Crippen LogP contribution is 2.03. The summed E-state index contributed by atoms with van der Waals surface area (Å²) in [5, 5.41) is 9.16. The number of aromatic nitrogens is 1. The summed E-state index contributed by atoms with van der Waals surface area (Å²) in [6, 6.07) is 3.89. The van der Waals surface area contributed by atoms with Crippen molar-refractivity contribution in [3.8, 4) is 0 Å². The smallest absolute Gasteiger partial charge is 0.142 e. The van der Waals surface area contributed by atoms with Gasteiger partial charge in [0.05, 0.1) is 6.10 Å². The van der Waals surface area contributed by atoms with Gasteiger partial charge < -0.3 is 10.1 Å². The highest BCUT2D eigenvalue weighted by molar-refractivity contribution is 5.64. The molecule has 0 aliphatic rings. The Morgan fingerprint density at radius 3 is 2.44 bits per heavy atom. The van der Waals surface area contributed by atoms with Gasteiger partial charge in [-0.05, 0) is 24.6 Å². The number of nitrogens with one attached hydrogen (secondary N) is 1. The summed E-state index contributed by atoms with van der Waals surface area (Å²) in [5.41, 5.74) is 0. The minimum Gasteiger partial charge on any atom is -0.389 e. The van der Waals surface area contributed by atoms with Gasteiger partial charge in [0.15, 0.2) is 0 Å². The maximum Gasteiger partial charge on any atom is 0.142 e. The Labute approximate surface area is 97.2 Å². The molecule has 0 spiro atoms. The summed E-state index contributed by atoms with van der Waals surface area (Å²) in [7, 11) is 0. The highest BCUT2D eigenvalue weighted by atomic mass is 16.3. The van der Waals surface area contributed by atoms with E-state index in [-0.39, 0.29) is 0 Å². The van der Waals surface area contributed by atoms with Crippen molar-refractivity contribution in [1.29, 1.82) is 0 Å². The fourth-order valence-electron chi connectivity index (χ4n) is 1.15. The van der Waals surface area contributed by atoms with E-state index < -0.39 is 6.10 Å². The Balaban J connectivity index is 0.000000368. The normalized spacial score (nSPS) is 11.9. The number of aromatic amines is 1. The Bertz CT molecular complexity index is 238. The molecule has 1 atom stereocenters. The van der Waals surface area contributed by atoms with Gasteiger partial charge in [0, 0.05) is 12.4 Å². The first kappa shape index (κ1) is 14.6. The Morgan fingerprint density at radius 2 is 2.00 bits per heavy atom. The lowest BCUT2D eigenvalue weighted by molar-refractivity contribution is -0.104. The third kappa shape index (κ3) is 10.7. The maximum absolute atomic E-state index is 9.84. The van der Waals surface area contributed by atoms with Crippen LogP contribution >= 0.6 is 0 Å². The summed E-state index contributed by atoms with van der Waals surface area (Å²) in [4.78, 5) is 12.7. The standard InChI is InChI=1S/C9H16O2.C4H5N/c1-2-3-4-6-9(11)7-5-8-10;1-2-4-5-3-1/h5,7-9,11H,2-4,6H2,1H3;1-5H/b7-5+;. The van der Waals surface area contributed by atoms with Gasteiger partial charge in [-0.25, -0.2) is 0 Å². The Morgan fingerprint density at radius 1 is 1.31 bits per heavy atom. The van der Waals surface area contributed by atoms with Crippen molar-refractivity contribution in [1.82, 2.24) is 4.98 Å². The molecule has 16 heavy (non-hydrogen) atoms. The van der Waals surface area contributed by atoms with Crippen LogP contribution in [0.2, 0.25) is 0 Å². The molecule has 90 valence electrons. The minimum absolute atomic E-state index is 0.438. The van der Waals surface area contributed by atoms with Gasteiger partial charge in [0.25, 0.3) is 0 Å². The van der Waals surface area contributed by atoms with Crippen LogP contribution in [0.15, 0.2) is 36.7 Å². The lowest BCUT2D eigenvalue weighted by Crippen LogP contribution is -2.01. The van der Waals surface area contributed by atoms with Crippen LogP contribution in [0.5, 0.6) is 0 Å². The Hall–Kier alpha value is -1.35. The molecule has 1 heterocycles. The van der Waals surface area contributed by atoms with Gasteiger partial charge in [0.2, 0.25) is 0 Å². The maximum atomic E-state index is 9.84. The van der Waals surface area contributed by atoms with Crippen LogP contribution in [0, 0.1) is 0 Å². The highest BCUT2D eigenvalue weighted by Gasteiger charge is 1.96. The van der Waals surface area contributed by atoms with Gasteiger partial charge in [0.1, 0.15) is 6.29 Å². The number of hydrogen-bond donors (Lipinski definition) is 2. The van der Waals surface area contributed by atoms with Crippen LogP contribution < -0.4 is 0 Å². The van der Waals surface area contributed by atoms with Crippen LogP contribution in [0.3, 0.4) is 0 Å². The van der Waals surface area contributed by atoms with E-state index in [2.05, 4.69) is 11.9 Å². The quantitative estimate of drug-likeness (QED) is 0.442. The molecule has 1 aromatic rings. The van der Waals surface area contributed by atoms with E-state index in [0.717, 1.165) is 25.7 Å². The number of unbranched alkanes of at least 4 members (excludes halogenated alkanes) is 2. The number of carbonyl (C=O) groups is 1. The molecule has 0 aliphatic heterocycles. The molecule has 3 heteroatoms. The number of allylic oxidation sites excluding steroid dienone is 1. The summed E-state index contributed by atoms with van der Waals surface area (Å²) < 4.78 is 0. The van der Waals surface area contributed by atoms with Crippen molar-refractivity contribution >= 4 is 6.29 Å². The predicted octanol–water partition coefficient (Wildman–Crippen LogP) is 2.70. The first-order valence-electron chi connectivity index (χ1n) is 5.69. The number of carbonyl (C=O) groups excluding carboxylic acids is 1. The number of aliphatic hydroxyl groups is 1. The SMILES string of the molecule is CCCCCC(O)/C=C/C=O.c1cc[nH]c1. The lowest BCUT2D eigenvalue weighted by Gasteiger charge is -2.02. The second-order valence-corrected chi connectivity index (χ2v) is 3.47. The average Bonchev–Trinajstić information content (AvgIpc) is 2.85. The molecule has 0 saturated heterocycles. The topological polar surface area (TPSA) is 53.1 Å². The molecular weight excluding hydrogens is 202 g/mol. The van der Waals surface area contributed by atoms with Gasteiger partial charge in [-0.15, -0.1) is 0 Å². The molecule has 0 saturated carbocycles. The van der Waals surface area contributed by atoms with E-state index in [9.17, 15) is 4.79 Å². The summed E-state index contributed by atoms with van der Waals surface area (Å²) in [5.74, 6) is 0. The molecule has 1 aromatic heterocycles. The number of hydrogen-bond acceptors (Lipinski definition) is 2. The van der Waals surface area contributed by atoms with E-state index in [1.54, 1.807) is 0 Å².